The maximum atomic E-state index is 13.2. The molecule has 0 unspecified atom stereocenters. The maximum Gasteiger partial charge on any atom is 0.273 e. The number of rotatable bonds is 8. The highest BCUT2D eigenvalue weighted by atomic mass is 16.5. The third kappa shape index (κ3) is 4.87. The topological polar surface area (TPSA) is 84.7 Å². The average molecular weight is 486 g/mol. The van der Waals surface area contributed by atoms with Crippen LogP contribution < -0.4 is 10.1 Å². The maximum absolute atomic E-state index is 13.2. The number of amides is 2. The minimum atomic E-state index is -0.216. The van der Waals surface area contributed by atoms with E-state index >= 15 is 0 Å². The quantitative estimate of drug-likeness (QED) is 0.505. The Kier molecular flexibility index (Phi) is 5.99. The number of carbonyl (C=O) groups is 2. The van der Waals surface area contributed by atoms with Crippen LogP contribution in [-0.2, 0) is 17.8 Å². The molecule has 1 aliphatic heterocycles. The Bertz CT molecular complexity index is 1270. The van der Waals surface area contributed by atoms with Gasteiger partial charge in [-0.3, -0.25) is 9.59 Å². The van der Waals surface area contributed by atoms with E-state index in [0.717, 1.165) is 36.9 Å². The van der Waals surface area contributed by atoms with Gasteiger partial charge in [0, 0.05) is 19.0 Å². The monoisotopic (exact) mass is 485 g/mol. The fourth-order valence-corrected chi connectivity index (χ4v) is 4.87. The molecule has 0 saturated heterocycles. The molecule has 36 heavy (non-hydrogen) atoms. The Morgan fingerprint density at radius 3 is 2.67 bits per heavy atom. The number of nitrogens with zero attached hydrogens (tertiary/aromatic N) is 2. The predicted molar refractivity (Wildman–Crippen MR) is 133 cm³/mol. The molecule has 1 atom stereocenters. The minimum Gasteiger partial charge on any atom is -0.484 e. The van der Waals surface area contributed by atoms with Crippen LogP contribution in [0.2, 0.25) is 0 Å². The van der Waals surface area contributed by atoms with E-state index in [2.05, 4.69) is 52.5 Å². The Morgan fingerprint density at radius 2 is 1.92 bits per heavy atom. The largest absolute Gasteiger partial charge is 0.484 e. The van der Waals surface area contributed by atoms with E-state index in [9.17, 15) is 9.59 Å². The van der Waals surface area contributed by atoms with Gasteiger partial charge in [-0.05, 0) is 73.8 Å². The molecule has 1 aromatic heterocycles. The zero-order valence-corrected chi connectivity index (χ0v) is 20.5. The lowest BCUT2D eigenvalue weighted by Crippen LogP contribution is -2.41. The van der Waals surface area contributed by atoms with Gasteiger partial charge in [0.15, 0.2) is 12.3 Å². The van der Waals surface area contributed by atoms with Gasteiger partial charge in [0.25, 0.3) is 5.91 Å². The van der Waals surface area contributed by atoms with E-state index in [1.54, 1.807) is 0 Å². The highest BCUT2D eigenvalue weighted by molar-refractivity contribution is 5.91. The van der Waals surface area contributed by atoms with Crippen LogP contribution in [0.4, 0.5) is 0 Å². The van der Waals surface area contributed by atoms with Crippen molar-refractivity contribution in [3.8, 4) is 5.75 Å². The van der Waals surface area contributed by atoms with Crippen LogP contribution >= 0.6 is 0 Å². The summed E-state index contributed by atoms with van der Waals surface area (Å²) in [5.74, 6) is 1.85. The molecule has 3 aromatic rings. The van der Waals surface area contributed by atoms with Gasteiger partial charge in [-0.2, -0.15) is 0 Å². The second-order valence-electron chi connectivity index (χ2n) is 10.3. The molecular formula is C29H31N3O4. The highest BCUT2D eigenvalue weighted by Crippen LogP contribution is 2.41. The molecule has 2 fully saturated rings. The van der Waals surface area contributed by atoms with Crippen LogP contribution in [0.5, 0.6) is 5.75 Å². The first kappa shape index (κ1) is 22.8. The number of nitrogens with one attached hydrogen (secondary N) is 1. The van der Waals surface area contributed by atoms with Gasteiger partial charge < -0.3 is 19.4 Å². The molecule has 7 nitrogen and oxygen atoms in total. The SMILES string of the molecule is Cc1ccc([C@H]2c3cc(OCc4nc(C(=O)NCC5CC5)co4)ccc3CCN2C(=O)C2CC2)cc1. The molecule has 1 N–H and O–H groups in total. The van der Waals surface area contributed by atoms with Crippen molar-refractivity contribution in [1.82, 2.24) is 15.2 Å². The smallest absolute Gasteiger partial charge is 0.273 e. The molecule has 2 aromatic carbocycles. The first-order valence-corrected chi connectivity index (χ1v) is 12.9. The molecule has 186 valence electrons. The van der Waals surface area contributed by atoms with Crippen LogP contribution in [0, 0.1) is 18.8 Å². The molecule has 2 aliphatic carbocycles. The Morgan fingerprint density at radius 1 is 1.11 bits per heavy atom. The molecule has 2 amide bonds. The minimum absolute atomic E-state index is 0.120. The fraction of sp³-hybridized carbons (Fsp3) is 0.414. The lowest BCUT2D eigenvalue weighted by atomic mass is 9.87. The summed E-state index contributed by atoms with van der Waals surface area (Å²) in [4.78, 5) is 31.8. The first-order chi connectivity index (χ1) is 17.5. The third-order valence-corrected chi connectivity index (χ3v) is 7.34. The number of carbonyl (C=O) groups excluding carboxylic acids is 2. The number of fused-ring (bicyclic) bond motifs is 1. The molecule has 3 aliphatic rings. The molecule has 0 spiro atoms. The average Bonchev–Trinajstić information content (AvgIpc) is 3.84. The van der Waals surface area contributed by atoms with Crippen LogP contribution in [0.1, 0.15) is 70.4 Å². The summed E-state index contributed by atoms with van der Waals surface area (Å²) in [5, 5.41) is 2.90. The van der Waals surface area contributed by atoms with Gasteiger partial charge in [-0.1, -0.05) is 35.9 Å². The van der Waals surface area contributed by atoms with E-state index in [1.165, 1.54) is 30.2 Å². The fourth-order valence-electron chi connectivity index (χ4n) is 4.87. The molecule has 7 heteroatoms. The van der Waals surface area contributed by atoms with Crippen molar-refractivity contribution in [2.45, 2.75) is 51.7 Å². The molecule has 2 heterocycles. The lowest BCUT2D eigenvalue weighted by molar-refractivity contribution is -0.134. The number of oxazole rings is 1. The summed E-state index contributed by atoms with van der Waals surface area (Å²) >= 11 is 0. The zero-order valence-electron chi connectivity index (χ0n) is 20.5. The molecular weight excluding hydrogens is 454 g/mol. The van der Waals surface area contributed by atoms with Crippen LogP contribution in [-0.4, -0.2) is 34.8 Å². The second kappa shape index (κ2) is 9.45. The third-order valence-electron chi connectivity index (χ3n) is 7.34. The van der Waals surface area contributed by atoms with Crippen molar-refractivity contribution in [2.75, 3.05) is 13.1 Å². The van der Waals surface area contributed by atoms with Crippen LogP contribution in [0.3, 0.4) is 0 Å². The van der Waals surface area contributed by atoms with Gasteiger partial charge in [0.2, 0.25) is 11.8 Å². The van der Waals surface area contributed by atoms with Crippen molar-refractivity contribution in [2.24, 2.45) is 11.8 Å². The summed E-state index contributed by atoms with van der Waals surface area (Å²) in [7, 11) is 0. The van der Waals surface area contributed by atoms with E-state index in [4.69, 9.17) is 9.15 Å². The van der Waals surface area contributed by atoms with Crippen molar-refractivity contribution in [3.05, 3.63) is 82.6 Å². The summed E-state index contributed by atoms with van der Waals surface area (Å²) < 4.78 is 11.5. The van der Waals surface area contributed by atoms with E-state index < -0.39 is 0 Å². The highest BCUT2D eigenvalue weighted by Gasteiger charge is 2.39. The van der Waals surface area contributed by atoms with E-state index in [-0.39, 0.29) is 36.1 Å². The summed E-state index contributed by atoms with van der Waals surface area (Å²) in [6.45, 7) is 3.61. The van der Waals surface area contributed by atoms with Crippen molar-refractivity contribution >= 4 is 11.8 Å². The van der Waals surface area contributed by atoms with Crippen molar-refractivity contribution in [3.63, 3.8) is 0 Å². The summed E-state index contributed by atoms with van der Waals surface area (Å²) in [6.07, 6.45) is 6.54. The molecule has 6 rings (SSSR count). The number of aryl methyl sites for hydroxylation is 1. The number of ether oxygens (including phenoxy) is 1. The number of hydrogen-bond acceptors (Lipinski definition) is 5. The van der Waals surface area contributed by atoms with Gasteiger partial charge in [0.05, 0.1) is 6.04 Å². The first-order valence-electron chi connectivity index (χ1n) is 12.9. The lowest BCUT2D eigenvalue weighted by Gasteiger charge is -2.38. The van der Waals surface area contributed by atoms with Gasteiger partial charge in [0.1, 0.15) is 12.0 Å². The number of benzene rings is 2. The summed E-state index contributed by atoms with van der Waals surface area (Å²) in [6, 6.07) is 14.4. The predicted octanol–water partition coefficient (Wildman–Crippen LogP) is 4.59. The van der Waals surface area contributed by atoms with E-state index in [1.807, 2.05) is 12.1 Å². The van der Waals surface area contributed by atoms with Gasteiger partial charge in [-0.25, -0.2) is 4.98 Å². The Balaban J connectivity index is 1.20. The van der Waals surface area contributed by atoms with Crippen molar-refractivity contribution < 1.29 is 18.7 Å². The Labute approximate surface area is 210 Å². The van der Waals surface area contributed by atoms with Crippen molar-refractivity contribution in [1.29, 1.82) is 0 Å². The molecule has 2 saturated carbocycles. The van der Waals surface area contributed by atoms with Gasteiger partial charge in [-0.15, -0.1) is 0 Å². The summed E-state index contributed by atoms with van der Waals surface area (Å²) in [5.41, 5.74) is 4.91. The van der Waals surface area contributed by atoms with Gasteiger partial charge >= 0.3 is 0 Å². The molecule has 0 radical (unpaired) electrons. The van der Waals surface area contributed by atoms with Crippen LogP contribution in [0.25, 0.3) is 0 Å². The standard InChI is InChI=1S/C29H31N3O4/c1-18-2-6-21(7-3-18)27-24-14-23(11-10-20(24)12-13-32(27)29(34)22-8-9-22)35-17-26-31-25(16-36-26)28(33)30-15-19-4-5-19/h2-3,6-7,10-11,14,16,19,22,27H,4-5,8-9,12-13,15,17H2,1H3,(H,30,33)/t27-/m0/s1. The second-order valence-corrected chi connectivity index (χ2v) is 10.3. The zero-order chi connectivity index (χ0) is 24.6. The van der Waals surface area contributed by atoms with E-state index in [0.29, 0.717) is 24.1 Å². The number of aromatic nitrogens is 1. The normalized spacial score (nSPS) is 19.0. The Hall–Kier alpha value is -3.61. The molecule has 0 bridgehead atoms. The number of hydrogen-bond donors (Lipinski definition) is 1. The van der Waals surface area contributed by atoms with Crippen LogP contribution in [0.15, 0.2) is 53.1 Å².